The first-order valence-electron chi connectivity index (χ1n) is 5.21. The largest absolute Gasteiger partial charge is 0.490 e. The molecule has 1 aliphatic heterocycles. The molecule has 0 spiro atoms. The Bertz CT molecular complexity index is 370. The van der Waals surface area contributed by atoms with E-state index in [1.807, 2.05) is 19.1 Å². The van der Waals surface area contributed by atoms with E-state index < -0.39 is 23.7 Å². The number of aliphatic carboxylic acids is 2. The number of hydrogen-bond donors (Lipinski definition) is 4. The van der Waals surface area contributed by atoms with E-state index in [1.54, 1.807) is 0 Å². The minimum Gasteiger partial charge on any atom is -0.480 e. The predicted octanol–water partition coefficient (Wildman–Crippen LogP) is 0.340. The summed E-state index contributed by atoms with van der Waals surface area (Å²) >= 11 is 0. The molecule has 9 heteroatoms. The number of alkyl halides is 3. The van der Waals surface area contributed by atoms with Gasteiger partial charge in [-0.2, -0.15) is 13.2 Å². The van der Waals surface area contributed by atoms with Crippen LogP contribution in [0.4, 0.5) is 13.2 Å². The van der Waals surface area contributed by atoms with Crippen molar-refractivity contribution in [2.75, 3.05) is 6.54 Å². The number of hydrogen-bond acceptors (Lipinski definition) is 4. The molecule has 110 valence electrons. The van der Waals surface area contributed by atoms with Gasteiger partial charge in [-0.25, -0.2) is 4.79 Å². The Labute approximate surface area is 107 Å². The second-order valence-corrected chi connectivity index (χ2v) is 4.07. The highest BCUT2D eigenvalue weighted by Crippen LogP contribution is 2.13. The predicted molar refractivity (Wildman–Crippen MR) is 59.5 cm³/mol. The maximum absolute atomic E-state index is 10.7. The van der Waals surface area contributed by atoms with Crippen molar-refractivity contribution in [3.8, 4) is 0 Å². The Morgan fingerprint density at radius 1 is 1.42 bits per heavy atom. The molecule has 1 rings (SSSR count). The third kappa shape index (κ3) is 6.20. The van der Waals surface area contributed by atoms with Gasteiger partial charge in [-0.3, -0.25) is 4.79 Å². The lowest BCUT2D eigenvalue weighted by Crippen LogP contribution is -2.55. The van der Waals surface area contributed by atoms with Gasteiger partial charge in [0.25, 0.3) is 0 Å². The molecule has 0 aromatic carbocycles. The fourth-order valence-corrected chi connectivity index (χ4v) is 1.13. The molecule has 19 heavy (non-hydrogen) atoms. The molecular formula is C10H15F3N2O4. The highest BCUT2D eigenvalue weighted by Gasteiger charge is 2.38. The topological polar surface area (TPSA) is 113 Å². The Hall–Kier alpha value is -1.61. The molecule has 0 aromatic rings. The van der Waals surface area contributed by atoms with Crippen LogP contribution < -0.4 is 11.1 Å². The van der Waals surface area contributed by atoms with E-state index in [0.29, 0.717) is 13.0 Å². The van der Waals surface area contributed by atoms with E-state index in [0.717, 1.165) is 0 Å². The van der Waals surface area contributed by atoms with Gasteiger partial charge in [-0.15, -0.1) is 0 Å². The maximum Gasteiger partial charge on any atom is 0.490 e. The molecule has 1 heterocycles. The fraction of sp³-hybridized carbons (Fsp3) is 0.600. The fourth-order valence-electron chi connectivity index (χ4n) is 1.13. The Morgan fingerprint density at radius 3 is 2.26 bits per heavy atom. The second-order valence-electron chi connectivity index (χ2n) is 4.07. The van der Waals surface area contributed by atoms with E-state index in [4.69, 9.17) is 20.7 Å². The molecule has 0 saturated carbocycles. The standard InChI is InChI=1S/C8H14N2O2.C2HF3O2/c1-6-3-2-4-8(9,5-10-6)7(11)12;3-2(4,5)1(6)7/h2-3,6,10H,4-5,9H2,1H3,(H,11,12);(H,6,7)/t6-,8+;/m1./s1. The summed E-state index contributed by atoms with van der Waals surface area (Å²) in [5.41, 5.74) is 4.51. The second kappa shape index (κ2) is 6.53. The summed E-state index contributed by atoms with van der Waals surface area (Å²) in [6.07, 6.45) is -0.948. The van der Waals surface area contributed by atoms with Crippen LogP contribution in [-0.4, -0.2) is 46.5 Å². The van der Waals surface area contributed by atoms with Crippen LogP contribution in [0.5, 0.6) is 0 Å². The van der Waals surface area contributed by atoms with Crippen LogP contribution >= 0.6 is 0 Å². The summed E-state index contributed by atoms with van der Waals surface area (Å²) < 4.78 is 31.7. The number of nitrogens with two attached hydrogens (primary N) is 1. The van der Waals surface area contributed by atoms with Crippen molar-refractivity contribution in [2.45, 2.75) is 31.1 Å². The number of halogens is 3. The van der Waals surface area contributed by atoms with E-state index in [-0.39, 0.29) is 6.04 Å². The zero-order chi connectivity index (χ0) is 15.3. The summed E-state index contributed by atoms with van der Waals surface area (Å²) in [5, 5.41) is 19.0. The molecule has 2 atom stereocenters. The molecule has 0 fully saturated rings. The Morgan fingerprint density at radius 2 is 1.89 bits per heavy atom. The van der Waals surface area contributed by atoms with E-state index >= 15 is 0 Å². The number of rotatable bonds is 1. The summed E-state index contributed by atoms with van der Waals surface area (Å²) in [4.78, 5) is 19.6. The van der Waals surface area contributed by atoms with Crippen molar-refractivity contribution < 1.29 is 33.0 Å². The lowest BCUT2D eigenvalue weighted by atomic mass is 9.97. The number of carboxylic acids is 2. The van der Waals surface area contributed by atoms with Crippen LogP contribution in [0.25, 0.3) is 0 Å². The van der Waals surface area contributed by atoms with Crippen LogP contribution in [0.3, 0.4) is 0 Å². The van der Waals surface area contributed by atoms with Crippen LogP contribution in [0.2, 0.25) is 0 Å². The molecule has 0 aliphatic carbocycles. The molecule has 0 aromatic heterocycles. The molecule has 0 amide bonds. The Balaban J connectivity index is 0.000000399. The molecule has 0 saturated heterocycles. The minimum absolute atomic E-state index is 0.203. The lowest BCUT2D eigenvalue weighted by molar-refractivity contribution is -0.192. The first kappa shape index (κ1) is 17.4. The van der Waals surface area contributed by atoms with E-state index in [9.17, 15) is 18.0 Å². The van der Waals surface area contributed by atoms with Crippen LogP contribution in [0.15, 0.2) is 12.2 Å². The number of carboxylic acid groups (broad SMARTS) is 2. The molecule has 6 nitrogen and oxygen atoms in total. The zero-order valence-electron chi connectivity index (χ0n) is 10.1. The molecule has 0 bridgehead atoms. The van der Waals surface area contributed by atoms with Gasteiger partial charge in [0, 0.05) is 12.6 Å². The highest BCUT2D eigenvalue weighted by molar-refractivity contribution is 5.79. The van der Waals surface area contributed by atoms with Crippen molar-refractivity contribution in [3.63, 3.8) is 0 Å². The van der Waals surface area contributed by atoms with Gasteiger partial charge >= 0.3 is 18.1 Å². The van der Waals surface area contributed by atoms with Gasteiger partial charge in [0.1, 0.15) is 5.54 Å². The Kier molecular flexibility index (Phi) is 5.97. The van der Waals surface area contributed by atoms with Gasteiger partial charge in [0.05, 0.1) is 0 Å². The summed E-state index contributed by atoms with van der Waals surface area (Å²) in [7, 11) is 0. The van der Waals surface area contributed by atoms with E-state index in [2.05, 4.69) is 5.32 Å². The summed E-state index contributed by atoms with van der Waals surface area (Å²) in [6.45, 7) is 2.28. The summed E-state index contributed by atoms with van der Waals surface area (Å²) in [6, 6.07) is 0.203. The van der Waals surface area contributed by atoms with Gasteiger partial charge in [-0.05, 0) is 13.3 Å². The van der Waals surface area contributed by atoms with Crippen molar-refractivity contribution >= 4 is 11.9 Å². The monoisotopic (exact) mass is 284 g/mol. The molecule has 5 N–H and O–H groups in total. The van der Waals surface area contributed by atoms with Gasteiger partial charge in [-0.1, -0.05) is 12.2 Å². The van der Waals surface area contributed by atoms with Crippen molar-refractivity contribution in [1.29, 1.82) is 0 Å². The maximum atomic E-state index is 10.7. The lowest BCUT2D eigenvalue weighted by Gasteiger charge is -2.22. The van der Waals surface area contributed by atoms with Crippen molar-refractivity contribution in [2.24, 2.45) is 5.73 Å². The average Bonchev–Trinajstić information content (AvgIpc) is 2.41. The molecule has 0 unspecified atom stereocenters. The van der Waals surface area contributed by atoms with Gasteiger partial charge in [0.15, 0.2) is 0 Å². The number of carbonyl (C=O) groups is 2. The smallest absolute Gasteiger partial charge is 0.480 e. The highest BCUT2D eigenvalue weighted by atomic mass is 19.4. The van der Waals surface area contributed by atoms with Crippen LogP contribution in [0, 0.1) is 0 Å². The van der Waals surface area contributed by atoms with E-state index in [1.165, 1.54) is 0 Å². The average molecular weight is 284 g/mol. The van der Waals surface area contributed by atoms with Crippen molar-refractivity contribution in [3.05, 3.63) is 12.2 Å². The molecular weight excluding hydrogens is 269 g/mol. The molecule has 0 radical (unpaired) electrons. The zero-order valence-corrected chi connectivity index (χ0v) is 10.1. The summed E-state index contributed by atoms with van der Waals surface area (Å²) in [5.74, 6) is -3.71. The minimum atomic E-state index is -5.08. The quantitative estimate of drug-likeness (QED) is 0.516. The first-order valence-corrected chi connectivity index (χ1v) is 5.21. The van der Waals surface area contributed by atoms with Gasteiger partial charge < -0.3 is 21.3 Å². The third-order valence-corrected chi connectivity index (χ3v) is 2.31. The van der Waals surface area contributed by atoms with Crippen LogP contribution in [0.1, 0.15) is 13.3 Å². The normalized spacial score (nSPS) is 26.9. The molecule has 1 aliphatic rings. The first-order chi connectivity index (χ1) is 8.49. The van der Waals surface area contributed by atoms with Crippen LogP contribution in [-0.2, 0) is 9.59 Å². The third-order valence-electron chi connectivity index (χ3n) is 2.31. The SMILES string of the molecule is C[C@@H]1C=CC[C@@](N)(C(=O)O)CN1.O=C(O)C(F)(F)F. The number of nitrogens with one attached hydrogen (secondary N) is 1. The van der Waals surface area contributed by atoms with Gasteiger partial charge in [0.2, 0.25) is 0 Å². The van der Waals surface area contributed by atoms with Crippen molar-refractivity contribution in [1.82, 2.24) is 5.32 Å².